The van der Waals surface area contributed by atoms with Crippen LogP contribution in [0.4, 0.5) is 0 Å². The molecule has 0 spiro atoms. The lowest BCUT2D eigenvalue weighted by atomic mass is 9.96. The highest BCUT2D eigenvalue weighted by Crippen LogP contribution is 2.25. The van der Waals surface area contributed by atoms with E-state index in [1.807, 2.05) is 7.05 Å². The molecule has 0 bridgehead atoms. The van der Waals surface area contributed by atoms with E-state index in [0.717, 1.165) is 19.0 Å². The molecule has 1 N–H and O–H groups in total. The Morgan fingerprint density at radius 1 is 1.29 bits per heavy atom. The second-order valence-corrected chi connectivity index (χ2v) is 7.17. The van der Waals surface area contributed by atoms with Crippen molar-refractivity contribution in [2.24, 2.45) is 5.92 Å². The number of hydrogen-bond acceptors (Lipinski definition) is 2. The number of halogens is 1. The van der Waals surface area contributed by atoms with Crippen LogP contribution < -0.4 is 5.32 Å². The Morgan fingerprint density at radius 3 is 2.86 bits per heavy atom. The summed E-state index contributed by atoms with van der Waals surface area (Å²) in [4.78, 5) is 2.63. The largest absolute Gasteiger partial charge is 0.316 e. The van der Waals surface area contributed by atoms with Crippen molar-refractivity contribution in [2.45, 2.75) is 52.1 Å². The Kier molecular flexibility index (Phi) is 7.21. The minimum Gasteiger partial charge on any atom is -0.316 e. The molecule has 1 saturated heterocycles. The summed E-state index contributed by atoms with van der Waals surface area (Å²) in [6.45, 7) is 6.84. The number of benzene rings is 1. The van der Waals surface area contributed by atoms with Crippen LogP contribution in [-0.4, -0.2) is 25.0 Å². The van der Waals surface area contributed by atoms with Gasteiger partial charge in [0, 0.05) is 17.6 Å². The van der Waals surface area contributed by atoms with Crippen LogP contribution in [0.3, 0.4) is 0 Å². The summed E-state index contributed by atoms with van der Waals surface area (Å²) in [6.07, 6.45) is 6.91. The van der Waals surface area contributed by atoms with Gasteiger partial charge in [0.25, 0.3) is 0 Å². The molecule has 0 amide bonds. The summed E-state index contributed by atoms with van der Waals surface area (Å²) >= 11 is 3.75. The molecule has 1 aromatic carbocycles. The fourth-order valence-corrected chi connectivity index (χ4v) is 3.91. The fraction of sp³-hybridized carbons (Fsp3) is 0.667. The first-order chi connectivity index (χ1) is 10.2. The monoisotopic (exact) mass is 352 g/mol. The molecule has 1 aromatic rings. The molecule has 2 rings (SSSR count). The summed E-state index contributed by atoms with van der Waals surface area (Å²) in [6, 6.07) is 6.78. The van der Waals surface area contributed by atoms with Crippen molar-refractivity contribution in [1.29, 1.82) is 0 Å². The zero-order valence-corrected chi connectivity index (χ0v) is 15.1. The maximum absolute atomic E-state index is 3.75. The lowest BCUT2D eigenvalue weighted by Gasteiger charge is -2.21. The van der Waals surface area contributed by atoms with E-state index < -0.39 is 0 Å². The van der Waals surface area contributed by atoms with Crippen LogP contribution in [0, 0.1) is 5.92 Å². The third-order valence-corrected chi connectivity index (χ3v) is 5.27. The van der Waals surface area contributed by atoms with Crippen LogP contribution in [0.15, 0.2) is 22.7 Å². The smallest absolute Gasteiger partial charge is 0.0244 e. The Hall–Kier alpha value is -0.380. The summed E-state index contributed by atoms with van der Waals surface area (Å²) in [5.74, 6) is 0.960. The van der Waals surface area contributed by atoms with Crippen LogP contribution in [0.5, 0.6) is 0 Å². The van der Waals surface area contributed by atoms with Gasteiger partial charge in [0.2, 0.25) is 0 Å². The predicted molar refractivity (Wildman–Crippen MR) is 94.4 cm³/mol. The summed E-state index contributed by atoms with van der Waals surface area (Å²) in [5, 5.41) is 3.21. The second kappa shape index (κ2) is 8.92. The molecule has 118 valence electrons. The third kappa shape index (κ3) is 5.39. The van der Waals surface area contributed by atoms with Gasteiger partial charge in [-0.1, -0.05) is 47.8 Å². The van der Waals surface area contributed by atoms with Gasteiger partial charge >= 0.3 is 0 Å². The van der Waals surface area contributed by atoms with Crippen LogP contribution in [-0.2, 0) is 13.1 Å². The van der Waals surface area contributed by atoms with Crippen LogP contribution in [0.25, 0.3) is 0 Å². The maximum atomic E-state index is 3.75. The van der Waals surface area contributed by atoms with Crippen molar-refractivity contribution >= 4 is 15.9 Å². The Balaban J connectivity index is 1.92. The first kappa shape index (κ1) is 17.0. The number of hydrogen-bond donors (Lipinski definition) is 1. The quantitative estimate of drug-likeness (QED) is 0.806. The third-order valence-electron chi connectivity index (χ3n) is 4.53. The molecule has 0 aliphatic carbocycles. The van der Waals surface area contributed by atoms with E-state index in [1.54, 1.807) is 0 Å². The zero-order chi connectivity index (χ0) is 15.1. The van der Waals surface area contributed by atoms with E-state index in [1.165, 1.54) is 60.8 Å². The zero-order valence-electron chi connectivity index (χ0n) is 13.5. The summed E-state index contributed by atoms with van der Waals surface area (Å²) < 4.78 is 1.25. The molecule has 0 radical (unpaired) electrons. The van der Waals surface area contributed by atoms with Crippen LogP contribution in [0.2, 0.25) is 0 Å². The number of rotatable bonds is 6. The van der Waals surface area contributed by atoms with Crippen molar-refractivity contribution < 1.29 is 0 Å². The van der Waals surface area contributed by atoms with Gasteiger partial charge in [0.1, 0.15) is 0 Å². The fourth-order valence-electron chi connectivity index (χ4n) is 3.35. The van der Waals surface area contributed by atoms with Gasteiger partial charge in [-0.25, -0.2) is 0 Å². The molecule has 1 fully saturated rings. The molecule has 1 unspecified atom stereocenters. The number of likely N-dealkylation sites (tertiary alicyclic amines) is 1. The Labute approximate surface area is 138 Å². The van der Waals surface area contributed by atoms with Crippen molar-refractivity contribution in [1.82, 2.24) is 10.2 Å². The lowest BCUT2D eigenvalue weighted by molar-refractivity contribution is 0.271. The molecule has 0 saturated carbocycles. The van der Waals surface area contributed by atoms with Crippen LogP contribution in [0.1, 0.15) is 50.2 Å². The highest BCUT2D eigenvalue weighted by atomic mass is 79.9. The average molecular weight is 353 g/mol. The van der Waals surface area contributed by atoms with Gasteiger partial charge in [-0.2, -0.15) is 0 Å². The Bertz CT molecular complexity index is 433. The van der Waals surface area contributed by atoms with Gasteiger partial charge in [-0.3, -0.25) is 4.90 Å². The van der Waals surface area contributed by atoms with E-state index in [-0.39, 0.29) is 0 Å². The molecule has 1 aliphatic rings. The molecular weight excluding hydrogens is 324 g/mol. The summed E-state index contributed by atoms with van der Waals surface area (Å²) in [5.41, 5.74) is 2.76. The average Bonchev–Trinajstić information content (AvgIpc) is 2.68. The minimum absolute atomic E-state index is 0.932. The lowest BCUT2D eigenvalue weighted by Crippen LogP contribution is -2.24. The van der Waals surface area contributed by atoms with Gasteiger partial charge < -0.3 is 5.32 Å². The van der Waals surface area contributed by atoms with E-state index in [2.05, 4.69) is 51.3 Å². The van der Waals surface area contributed by atoms with E-state index in [4.69, 9.17) is 0 Å². The second-order valence-electron chi connectivity index (χ2n) is 6.32. The molecule has 21 heavy (non-hydrogen) atoms. The van der Waals surface area contributed by atoms with Crippen molar-refractivity contribution in [3.8, 4) is 0 Å². The predicted octanol–water partition coefficient (Wildman–Crippen LogP) is 4.57. The molecule has 1 heterocycles. The van der Waals surface area contributed by atoms with Gasteiger partial charge in [-0.05, 0) is 62.5 Å². The van der Waals surface area contributed by atoms with Gasteiger partial charge in [0.15, 0.2) is 0 Å². The highest BCUT2D eigenvalue weighted by molar-refractivity contribution is 9.10. The summed E-state index contributed by atoms with van der Waals surface area (Å²) in [7, 11) is 1.99. The molecule has 1 atom stereocenters. The van der Waals surface area contributed by atoms with Gasteiger partial charge in [-0.15, -0.1) is 0 Å². The first-order valence-corrected chi connectivity index (χ1v) is 9.16. The highest BCUT2D eigenvalue weighted by Gasteiger charge is 2.17. The SMILES string of the molecule is CCCC1CCCN(Cc2ccc(CNC)cc2Br)CC1. The minimum atomic E-state index is 0.932. The Morgan fingerprint density at radius 2 is 2.14 bits per heavy atom. The molecule has 1 aliphatic heterocycles. The van der Waals surface area contributed by atoms with E-state index >= 15 is 0 Å². The number of nitrogens with one attached hydrogen (secondary N) is 1. The van der Waals surface area contributed by atoms with E-state index in [9.17, 15) is 0 Å². The van der Waals surface area contributed by atoms with E-state index in [0.29, 0.717) is 0 Å². The standard InChI is InChI=1S/C18H29BrN2/c1-3-5-15-6-4-10-21(11-9-15)14-17-8-7-16(13-20-2)12-18(17)19/h7-8,12,15,20H,3-6,9-11,13-14H2,1-2H3. The molecule has 0 aromatic heterocycles. The van der Waals surface area contributed by atoms with Crippen molar-refractivity contribution in [3.05, 3.63) is 33.8 Å². The molecule has 3 heteroatoms. The first-order valence-electron chi connectivity index (χ1n) is 8.37. The van der Waals surface area contributed by atoms with Crippen molar-refractivity contribution in [3.63, 3.8) is 0 Å². The van der Waals surface area contributed by atoms with Crippen molar-refractivity contribution in [2.75, 3.05) is 20.1 Å². The molecular formula is C18H29BrN2. The number of nitrogens with zero attached hydrogens (tertiary/aromatic N) is 1. The van der Waals surface area contributed by atoms with Gasteiger partial charge in [0.05, 0.1) is 0 Å². The maximum Gasteiger partial charge on any atom is 0.0244 e. The molecule has 2 nitrogen and oxygen atoms in total. The normalized spacial score (nSPS) is 20.4. The van der Waals surface area contributed by atoms with Crippen LogP contribution >= 0.6 is 15.9 Å². The topological polar surface area (TPSA) is 15.3 Å².